The van der Waals surface area contributed by atoms with Gasteiger partial charge in [0.2, 0.25) is 0 Å². The molecule has 0 N–H and O–H groups in total. The lowest BCUT2D eigenvalue weighted by Crippen LogP contribution is -1.82. The number of nitrogens with zero attached hydrogens (tertiary/aromatic N) is 4. The van der Waals surface area contributed by atoms with E-state index in [1.165, 1.54) is 5.56 Å². The molecule has 0 amide bonds. The van der Waals surface area contributed by atoms with Gasteiger partial charge in [0.1, 0.15) is 11.2 Å². The van der Waals surface area contributed by atoms with E-state index in [2.05, 4.69) is 45.0 Å². The highest BCUT2D eigenvalue weighted by Gasteiger charge is 2.04. The molecular formula is C11H10N4S2. The lowest BCUT2D eigenvalue weighted by Gasteiger charge is -1.93. The van der Waals surface area contributed by atoms with E-state index in [1.54, 1.807) is 28.6 Å². The summed E-state index contributed by atoms with van der Waals surface area (Å²) in [6.45, 7) is 2.08. The zero-order chi connectivity index (χ0) is 11.7. The summed E-state index contributed by atoms with van der Waals surface area (Å²) >= 11 is 3.23. The molecule has 4 nitrogen and oxygen atoms in total. The maximum atomic E-state index is 4.55. The Balaban J connectivity index is 1.81. The zero-order valence-electron chi connectivity index (χ0n) is 9.20. The summed E-state index contributed by atoms with van der Waals surface area (Å²) in [7, 11) is 0. The van der Waals surface area contributed by atoms with Crippen LogP contribution in [0.5, 0.6) is 0 Å². The van der Waals surface area contributed by atoms with Crippen molar-refractivity contribution in [2.45, 2.75) is 17.0 Å². The average molecular weight is 262 g/mol. The summed E-state index contributed by atoms with van der Waals surface area (Å²) in [6.07, 6.45) is 4.15. The van der Waals surface area contributed by atoms with Gasteiger partial charge in [0, 0.05) is 18.1 Å². The monoisotopic (exact) mass is 262 g/mol. The first-order chi connectivity index (χ1) is 8.31. The number of fused-ring (bicyclic) bond motifs is 1. The first-order valence-corrected chi connectivity index (χ1v) is 7.01. The van der Waals surface area contributed by atoms with Crippen LogP contribution in [0.25, 0.3) is 5.65 Å². The van der Waals surface area contributed by atoms with Gasteiger partial charge in [-0.05, 0) is 18.6 Å². The van der Waals surface area contributed by atoms with E-state index in [-0.39, 0.29) is 0 Å². The molecule has 3 rings (SSSR count). The quantitative estimate of drug-likeness (QED) is 0.681. The van der Waals surface area contributed by atoms with Crippen molar-refractivity contribution in [3.8, 4) is 0 Å². The van der Waals surface area contributed by atoms with Crippen LogP contribution in [-0.2, 0) is 5.75 Å². The number of imidazole rings is 1. The minimum atomic E-state index is 0.829. The Morgan fingerprint density at radius 2 is 2.29 bits per heavy atom. The molecular weight excluding hydrogens is 252 g/mol. The van der Waals surface area contributed by atoms with E-state index >= 15 is 0 Å². The maximum absolute atomic E-state index is 4.55. The van der Waals surface area contributed by atoms with Gasteiger partial charge < -0.3 is 4.40 Å². The number of aromatic nitrogens is 4. The summed E-state index contributed by atoms with van der Waals surface area (Å²) < 4.78 is 3.05. The Labute approximate surface area is 107 Å². The Bertz CT molecular complexity index is 630. The van der Waals surface area contributed by atoms with Crippen molar-refractivity contribution in [1.82, 2.24) is 19.6 Å². The standard InChI is InChI=1S/C11H10N4S2/c1-8-2-3-10-13-9(5-15(10)4-8)6-16-11-14-12-7-17-11/h2-5,7H,6H2,1H3. The summed E-state index contributed by atoms with van der Waals surface area (Å²) in [4.78, 5) is 4.55. The maximum Gasteiger partial charge on any atom is 0.174 e. The normalized spacial score (nSPS) is 11.1. The molecule has 0 aromatic carbocycles. The summed E-state index contributed by atoms with van der Waals surface area (Å²) in [6, 6.07) is 4.11. The third kappa shape index (κ3) is 2.32. The molecule has 0 aliphatic rings. The molecule has 17 heavy (non-hydrogen) atoms. The number of pyridine rings is 1. The second-order valence-electron chi connectivity index (χ2n) is 3.70. The molecule has 0 unspecified atom stereocenters. The first kappa shape index (κ1) is 10.7. The molecule has 0 saturated carbocycles. The van der Waals surface area contributed by atoms with Gasteiger partial charge in [-0.3, -0.25) is 0 Å². The van der Waals surface area contributed by atoms with Crippen molar-refractivity contribution in [1.29, 1.82) is 0 Å². The van der Waals surface area contributed by atoms with E-state index in [9.17, 15) is 0 Å². The summed E-state index contributed by atoms with van der Waals surface area (Å²) in [5.74, 6) is 0.829. The minimum absolute atomic E-state index is 0.829. The summed E-state index contributed by atoms with van der Waals surface area (Å²) in [5, 5.41) is 7.81. The lowest BCUT2D eigenvalue weighted by atomic mass is 10.3. The molecule has 3 heterocycles. The predicted octanol–water partition coefficient (Wildman–Crippen LogP) is 2.79. The Kier molecular flexibility index (Phi) is 2.82. The molecule has 0 fully saturated rings. The van der Waals surface area contributed by atoms with E-state index in [0.717, 1.165) is 21.4 Å². The van der Waals surface area contributed by atoms with Crippen LogP contribution in [0, 0.1) is 6.92 Å². The number of aryl methyl sites for hydroxylation is 1. The Morgan fingerprint density at radius 1 is 1.35 bits per heavy atom. The van der Waals surface area contributed by atoms with Gasteiger partial charge in [-0.2, -0.15) is 0 Å². The second kappa shape index (κ2) is 4.46. The van der Waals surface area contributed by atoms with Crippen molar-refractivity contribution in [2.75, 3.05) is 0 Å². The van der Waals surface area contributed by atoms with Crippen LogP contribution in [0.1, 0.15) is 11.3 Å². The van der Waals surface area contributed by atoms with Gasteiger partial charge in [-0.1, -0.05) is 29.2 Å². The molecule has 0 aliphatic carbocycles. The van der Waals surface area contributed by atoms with E-state index < -0.39 is 0 Å². The van der Waals surface area contributed by atoms with Gasteiger partial charge >= 0.3 is 0 Å². The summed E-state index contributed by atoms with van der Waals surface area (Å²) in [5.41, 5.74) is 5.03. The van der Waals surface area contributed by atoms with Gasteiger partial charge in [0.15, 0.2) is 4.34 Å². The molecule has 0 atom stereocenters. The van der Waals surface area contributed by atoms with E-state index in [4.69, 9.17) is 0 Å². The van der Waals surface area contributed by atoms with Crippen LogP contribution in [0.15, 0.2) is 34.4 Å². The molecule has 3 aromatic heterocycles. The number of hydrogen-bond donors (Lipinski definition) is 0. The lowest BCUT2D eigenvalue weighted by molar-refractivity contribution is 1.01. The molecule has 0 aliphatic heterocycles. The number of thioether (sulfide) groups is 1. The first-order valence-electron chi connectivity index (χ1n) is 5.14. The molecule has 86 valence electrons. The van der Waals surface area contributed by atoms with Crippen LogP contribution in [0.4, 0.5) is 0 Å². The average Bonchev–Trinajstić information content (AvgIpc) is 2.94. The van der Waals surface area contributed by atoms with Crippen LogP contribution in [0.3, 0.4) is 0 Å². The van der Waals surface area contributed by atoms with Crippen LogP contribution in [-0.4, -0.2) is 19.6 Å². The van der Waals surface area contributed by atoms with Crippen LogP contribution < -0.4 is 0 Å². The Morgan fingerprint density at radius 3 is 3.12 bits per heavy atom. The molecule has 0 bridgehead atoms. The highest BCUT2D eigenvalue weighted by Crippen LogP contribution is 2.23. The van der Waals surface area contributed by atoms with E-state index in [0.29, 0.717) is 0 Å². The third-order valence-electron chi connectivity index (χ3n) is 2.33. The van der Waals surface area contributed by atoms with Crippen molar-refractivity contribution < 1.29 is 0 Å². The zero-order valence-corrected chi connectivity index (χ0v) is 10.8. The molecule has 3 aromatic rings. The smallest absolute Gasteiger partial charge is 0.174 e. The molecule has 0 radical (unpaired) electrons. The van der Waals surface area contributed by atoms with Crippen molar-refractivity contribution in [3.63, 3.8) is 0 Å². The fraction of sp³-hybridized carbons (Fsp3) is 0.182. The van der Waals surface area contributed by atoms with Gasteiger partial charge in [0.25, 0.3) is 0 Å². The van der Waals surface area contributed by atoms with Crippen molar-refractivity contribution >= 4 is 28.7 Å². The minimum Gasteiger partial charge on any atom is -0.307 e. The molecule has 0 spiro atoms. The van der Waals surface area contributed by atoms with Crippen molar-refractivity contribution in [2.24, 2.45) is 0 Å². The highest BCUT2D eigenvalue weighted by atomic mass is 32.2. The fourth-order valence-corrected chi connectivity index (χ4v) is 2.96. The van der Waals surface area contributed by atoms with Crippen LogP contribution in [0.2, 0.25) is 0 Å². The van der Waals surface area contributed by atoms with Crippen LogP contribution >= 0.6 is 23.1 Å². The molecule has 0 saturated heterocycles. The second-order valence-corrected chi connectivity index (χ2v) is 5.75. The van der Waals surface area contributed by atoms with Crippen molar-refractivity contribution in [3.05, 3.63) is 41.3 Å². The van der Waals surface area contributed by atoms with Gasteiger partial charge in [-0.25, -0.2) is 4.98 Å². The van der Waals surface area contributed by atoms with Gasteiger partial charge in [-0.15, -0.1) is 10.2 Å². The number of rotatable bonds is 3. The Hall–Kier alpha value is -1.40. The van der Waals surface area contributed by atoms with E-state index in [1.807, 2.05) is 6.07 Å². The predicted molar refractivity (Wildman–Crippen MR) is 69.4 cm³/mol. The largest absolute Gasteiger partial charge is 0.307 e. The third-order valence-corrected chi connectivity index (χ3v) is 4.23. The fourth-order valence-electron chi connectivity index (χ4n) is 1.59. The molecule has 6 heteroatoms. The highest BCUT2D eigenvalue weighted by molar-refractivity contribution is 8.00. The number of hydrogen-bond acceptors (Lipinski definition) is 5. The SMILES string of the molecule is Cc1ccc2nc(CSc3nncs3)cn2c1. The van der Waals surface area contributed by atoms with Gasteiger partial charge in [0.05, 0.1) is 5.69 Å². The topological polar surface area (TPSA) is 43.1 Å².